The van der Waals surface area contributed by atoms with Gasteiger partial charge in [0, 0.05) is 0 Å². The summed E-state index contributed by atoms with van der Waals surface area (Å²) in [6.07, 6.45) is -7.38. The third kappa shape index (κ3) is 1.67. The second-order valence-electron chi connectivity index (χ2n) is 2.94. The first-order chi connectivity index (χ1) is 5.89. The van der Waals surface area contributed by atoms with Crippen LogP contribution in [0.15, 0.2) is 0 Å². The summed E-state index contributed by atoms with van der Waals surface area (Å²) >= 11 is 0. The smallest absolute Gasteiger partial charge is 0.247 e. The first-order valence-electron chi connectivity index (χ1n) is 3.66. The van der Waals surface area contributed by atoms with Crippen LogP contribution in [0.25, 0.3) is 0 Å². The summed E-state index contributed by atoms with van der Waals surface area (Å²) in [5.74, 6) is -2.65. The zero-order chi connectivity index (χ0) is 10.2. The maximum Gasteiger partial charge on any atom is 0.247 e. The van der Waals surface area contributed by atoms with Crippen molar-refractivity contribution in [1.29, 1.82) is 0 Å². The van der Waals surface area contributed by atoms with Crippen LogP contribution in [-0.4, -0.2) is 67.6 Å². The van der Waals surface area contributed by atoms with E-state index in [9.17, 15) is 5.11 Å². The maximum atomic E-state index is 9.26. The standard InChI is InChI=1S/C6H12O7/c7-2-1-13-6(12,5(10)11)4(9)3(2)8/h2-5,7-12H,1H2/t2-,3+,4+,6?/m1/s1. The molecule has 0 aromatic rings. The molecule has 78 valence electrons. The van der Waals surface area contributed by atoms with Gasteiger partial charge in [0.15, 0.2) is 0 Å². The number of ether oxygens (including phenoxy) is 1. The highest BCUT2D eigenvalue weighted by Crippen LogP contribution is 2.25. The molecule has 0 spiro atoms. The van der Waals surface area contributed by atoms with Crippen LogP contribution in [0.4, 0.5) is 0 Å². The highest BCUT2D eigenvalue weighted by atomic mass is 16.7. The Morgan fingerprint density at radius 2 is 1.77 bits per heavy atom. The summed E-state index contributed by atoms with van der Waals surface area (Å²) in [7, 11) is 0. The summed E-state index contributed by atoms with van der Waals surface area (Å²) in [6.45, 7) is -0.494. The van der Waals surface area contributed by atoms with Gasteiger partial charge in [0.25, 0.3) is 0 Å². The van der Waals surface area contributed by atoms with Crippen molar-refractivity contribution in [1.82, 2.24) is 0 Å². The van der Waals surface area contributed by atoms with E-state index >= 15 is 0 Å². The van der Waals surface area contributed by atoms with Crippen LogP contribution in [0.2, 0.25) is 0 Å². The van der Waals surface area contributed by atoms with Gasteiger partial charge in [-0.2, -0.15) is 0 Å². The van der Waals surface area contributed by atoms with Gasteiger partial charge < -0.3 is 35.4 Å². The zero-order valence-corrected chi connectivity index (χ0v) is 6.61. The third-order valence-corrected chi connectivity index (χ3v) is 2.00. The Balaban J connectivity index is 2.79. The number of aliphatic hydroxyl groups is 6. The van der Waals surface area contributed by atoms with Crippen molar-refractivity contribution >= 4 is 0 Å². The normalized spacial score (nSPS) is 46.8. The monoisotopic (exact) mass is 196 g/mol. The molecule has 1 heterocycles. The van der Waals surface area contributed by atoms with Crippen molar-refractivity contribution in [2.45, 2.75) is 30.4 Å². The minimum absolute atomic E-state index is 0.494. The van der Waals surface area contributed by atoms with Gasteiger partial charge in [-0.05, 0) is 0 Å². The molecule has 0 aromatic carbocycles. The molecule has 6 N–H and O–H groups in total. The lowest BCUT2D eigenvalue weighted by atomic mass is 9.96. The highest BCUT2D eigenvalue weighted by Gasteiger charge is 2.52. The summed E-state index contributed by atoms with van der Waals surface area (Å²) in [5.41, 5.74) is 0. The summed E-state index contributed by atoms with van der Waals surface area (Å²) in [5, 5.41) is 53.7. The molecule has 0 saturated carbocycles. The summed E-state index contributed by atoms with van der Waals surface area (Å²) in [6, 6.07) is 0. The highest BCUT2D eigenvalue weighted by molar-refractivity contribution is 4.92. The lowest BCUT2D eigenvalue weighted by molar-refractivity contribution is -0.384. The van der Waals surface area contributed by atoms with Gasteiger partial charge in [0.1, 0.15) is 18.3 Å². The summed E-state index contributed by atoms with van der Waals surface area (Å²) in [4.78, 5) is 0. The summed E-state index contributed by atoms with van der Waals surface area (Å²) < 4.78 is 4.42. The molecule has 1 aliphatic heterocycles. The topological polar surface area (TPSA) is 131 Å². The molecule has 1 unspecified atom stereocenters. The van der Waals surface area contributed by atoms with Gasteiger partial charge >= 0.3 is 0 Å². The van der Waals surface area contributed by atoms with Gasteiger partial charge in [0.05, 0.1) is 6.61 Å². The largest absolute Gasteiger partial charge is 0.388 e. The molecule has 7 heteroatoms. The molecule has 0 bridgehead atoms. The van der Waals surface area contributed by atoms with E-state index in [1.54, 1.807) is 0 Å². The molecule has 1 fully saturated rings. The molecular weight excluding hydrogens is 184 g/mol. The minimum Gasteiger partial charge on any atom is -0.388 e. The number of aliphatic hydroxyl groups excluding tert-OH is 4. The Morgan fingerprint density at radius 1 is 1.23 bits per heavy atom. The third-order valence-electron chi connectivity index (χ3n) is 2.00. The van der Waals surface area contributed by atoms with Gasteiger partial charge in [0.2, 0.25) is 12.1 Å². The minimum atomic E-state index is -2.65. The predicted octanol–water partition coefficient (Wildman–Crippen LogP) is -3.90. The van der Waals surface area contributed by atoms with Crippen LogP contribution in [0, 0.1) is 0 Å². The predicted molar refractivity (Wildman–Crippen MR) is 37.1 cm³/mol. The first kappa shape index (κ1) is 10.8. The maximum absolute atomic E-state index is 9.26. The van der Waals surface area contributed by atoms with Gasteiger partial charge in [-0.1, -0.05) is 0 Å². The van der Waals surface area contributed by atoms with Crippen LogP contribution in [0.1, 0.15) is 0 Å². The SMILES string of the molecule is OC(O)C1(O)OC[C@@H](O)[C@H](O)[C@@H]1O. The van der Waals surface area contributed by atoms with Crippen LogP contribution >= 0.6 is 0 Å². The molecule has 0 radical (unpaired) electrons. The fourth-order valence-electron chi connectivity index (χ4n) is 1.09. The van der Waals surface area contributed by atoms with Crippen LogP contribution < -0.4 is 0 Å². The average Bonchev–Trinajstić information content (AvgIpc) is 2.08. The Labute approximate surface area is 73.4 Å². The van der Waals surface area contributed by atoms with Gasteiger partial charge in [-0.3, -0.25) is 0 Å². The number of hydrogen-bond donors (Lipinski definition) is 6. The van der Waals surface area contributed by atoms with E-state index in [1.807, 2.05) is 0 Å². The van der Waals surface area contributed by atoms with E-state index in [1.165, 1.54) is 0 Å². The molecular formula is C6H12O7. The molecule has 0 aliphatic carbocycles. The van der Waals surface area contributed by atoms with Crippen molar-refractivity contribution in [3.8, 4) is 0 Å². The van der Waals surface area contributed by atoms with Crippen LogP contribution in [0.3, 0.4) is 0 Å². The second kappa shape index (κ2) is 3.46. The quantitative estimate of drug-likeness (QED) is 0.236. The van der Waals surface area contributed by atoms with E-state index < -0.39 is 37.0 Å². The van der Waals surface area contributed by atoms with E-state index in [2.05, 4.69) is 4.74 Å². The Hall–Kier alpha value is -0.280. The van der Waals surface area contributed by atoms with Crippen LogP contribution in [-0.2, 0) is 4.74 Å². The fraction of sp³-hybridized carbons (Fsp3) is 1.00. The molecule has 1 rings (SSSR count). The Kier molecular flexibility index (Phi) is 2.88. The van der Waals surface area contributed by atoms with Crippen molar-refractivity contribution in [2.24, 2.45) is 0 Å². The lowest BCUT2D eigenvalue weighted by Gasteiger charge is -2.42. The molecule has 13 heavy (non-hydrogen) atoms. The number of hydrogen-bond acceptors (Lipinski definition) is 7. The average molecular weight is 196 g/mol. The van der Waals surface area contributed by atoms with Crippen LogP contribution in [0.5, 0.6) is 0 Å². The van der Waals surface area contributed by atoms with E-state index in [0.717, 1.165) is 0 Å². The van der Waals surface area contributed by atoms with Gasteiger partial charge in [-0.25, -0.2) is 0 Å². The van der Waals surface area contributed by atoms with E-state index in [-0.39, 0.29) is 0 Å². The van der Waals surface area contributed by atoms with Crippen molar-refractivity contribution in [2.75, 3.05) is 6.61 Å². The van der Waals surface area contributed by atoms with E-state index in [0.29, 0.717) is 0 Å². The fourth-order valence-corrected chi connectivity index (χ4v) is 1.09. The molecule has 0 amide bonds. The molecule has 1 aliphatic rings. The zero-order valence-electron chi connectivity index (χ0n) is 6.61. The van der Waals surface area contributed by atoms with E-state index in [4.69, 9.17) is 25.5 Å². The molecule has 4 atom stereocenters. The molecule has 0 aromatic heterocycles. The molecule has 1 saturated heterocycles. The lowest BCUT2D eigenvalue weighted by Crippen LogP contribution is -2.65. The Morgan fingerprint density at radius 3 is 2.23 bits per heavy atom. The number of rotatable bonds is 1. The van der Waals surface area contributed by atoms with Crippen molar-refractivity contribution in [3.05, 3.63) is 0 Å². The van der Waals surface area contributed by atoms with Crippen molar-refractivity contribution < 1.29 is 35.4 Å². The Bertz CT molecular complexity index is 184. The molecule has 7 nitrogen and oxygen atoms in total. The first-order valence-corrected chi connectivity index (χ1v) is 3.66. The van der Waals surface area contributed by atoms with Gasteiger partial charge in [-0.15, -0.1) is 0 Å². The second-order valence-corrected chi connectivity index (χ2v) is 2.94. The van der Waals surface area contributed by atoms with Crippen molar-refractivity contribution in [3.63, 3.8) is 0 Å².